The van der Waals surface area contributed by atoms with Crippen LogP contribution in [0.15, 0.2) is 42.6 Å². The molecule has 116 valence electrons. The number of hydrogen-bond donors (Lipinski definition) is 1. The Kier molecular flexibility index (Phi) is 5.27. The number of alkyl halides is 2. The van der Waals surface area contributed by atoms with Crippen molar-refractivity contribution >= 4 is 17.5 Å². The molecule has 0 fully saturated rings. The van der Waals surface area contributed by atoms with Gasteiger partial charge in [0.1, 0.15) is 11.4 Å². The maximum atomic E-state index is 12.2. The summed E-state index contributed by atoms with van der Waals surface area (Å²) in [6.07, 6.45) is 1.43. The van der Waals surface area contributed by atoms with Gasteiger partial charge in [0.2, 0.25) is 0 Å². The summed E-state index contributed by atoms with van der Waals surface area (Å²) >= 11 is 5.80. The van der Waals surface area contributed by atoms with Gasteiger partial charge < -0.3 is 10.1 Å². The van der Waals surface area contributed by atoms with Crippen LogP contribution >= 0.6 is 11.6 Å². The number of halogens is 3. The second-order valence-corrected chi connectivity index (χ2v) is 4.94. The Morgan fingerprint density at radius 1 is 1.32 bits per heavy atom. The highest BCUT2D eigenvalue weighted by atomic mass is 35.5. The zero-order valence-corrected chi connectivity index (χ0v) is 12.3. The number of rotatable bonds is 5. The van der Waals surface area contributed by atoms with E-state index in [0.717, 1.165) is 0 Å². The molecule has 1 N–H and O–H groups in total. The Morgan fingerprint density at radius 2 is 2.09 bits per heavy atom. The van der Waals surface area contributed by atoms with Crippen molar-refractivity contribution in [3.8, 4) is 5.75 Å². The highest BCUT2D eigenvalue weighted by molar-refractivity contribution is 6.30. The highest BCUT2D eigenvalue weighted by Gasteiger charge is 2.14. The fraction of sp³-hybridized carbons (Fsp3) is 0.200. The lowest BCUT2D eigenvalue weighted by atomic mass is 10.1. The van der Waals surface area contributed by atoms with Crippen LogP contribution in [0.25, 0.3) is 0 Å². The smallest absolute Gasteiger partial charge is 0.387 e. The van der Waals surface area contributed by atoms with E-state index in [1.54, 1.807) is 25.1 Å². The topological polar surface area (TPSA) is 51.2 Å². The van der Waals surface area contributed by atoms with Gasteiger partial charge in [-0.15, -0.1) is 0 Å². The van der Waals surface area contributed by atoms with Gasteiger partial charge in [-0.05, 0) is 36.8 Å². The molecule has 0 aliphatic carbocycles. The van der Waals surface area contributed by atoms with E-state index in [1.165, 1.54) is 24.4 Å². The van der Waals surface area contributed by atoms with Crippen molar-refractivity contribution in [2.24, 2.45) is 0 Å². The number of aromatic nitrogens is 1. The maximum absolute atomic E-state index is 12.2. The molecule has 1 amide bonds. The summed E-state index contributed by atoms with van der Waals surface area (Å²) < 4.78 is 28.8. The lowest BCUT2D eigenvalue weighted by Crippen LogP contribution is -2.27. The minimum absolute atomic E-state index is 0.0366. The predicted molar refractivity (Wildman–Crippen MR) is 78.2 cm³/mol. The third-order valence-electron chi connectivity index (χ3n) is 2.89. The molecule has 7 heteroatoms. The van der Waals surface area contributed by atoms with Crippen LogP contribution in [0.4, 0.5) is 8.78 Å². The van der Waals surface area contributed by atoms with Crippen molar-refractivity contribution in [2.45, 2.75) is 19.6 Å². The Morgan fingerprint density at radius 3 is 2.77 bits per heavy atom. The van der Waals surface area contributed by atoms with Gasteiger partial charge in [0.15, 0.2) is 0 Å². The van der Waals surface area contributed by atoms with Gasteiger partial charge in [-0.1, -0.05) is 23.7 Å². The van der Waals surface area contributed by atoms with E-state index in [9.17, 15) is 13.6 Å². The minimum atomic E-state index is -2.89. The highest BCUT2D eigenvalue weighted by Crippen LogP contribution is 2.21. The molecular weight excluding hydrogens is 314 g/mol. The molecule has 1 aromatic carbocycles. The van der Waals surface area contributed by atoms with Gasteiger partial charge in [-0.25, -0.2) is 0 Å². The summed E-state index contributed by atoms with van der Waals surface area (Å²) in [4.78, 5) is 16.0. The molecule has 0 aliphatic heterocycles. The molecule has 0 radical (unpaired) electrons. The van der Waals surface area contributed by atoms with Gasteiger partial charge in [-0.2, -0.15) is 8.78 Å². The van der Waals surface area contributed by atoms with Crippen molar-refractivity contribution < 1.29 is 18.3 Å². The number of ether oxygens (including phenoxy) is 1. The zero-order valence-electron chi connectivity index (χ0n) is 11.6. The first kappa shape index (κ1) is 16.2. The van der Waals surface area contributed by atoms with Crippen molar-refractivity contribution in [3.05, 3.63) is 58.9 Å². The van der Waals surface area contributed by atoms with Crippen molar-refractivity contribution in [2.75, 3.05) is 0 Å². The molecule has 1 atom stereocenters. The van der Waals surface area contributed by atoms with Crippen LogP contribution in [0.1, 0.15) is 29.0 Å². The number of nitrogens with one attached hydrogen (secondary N) is 1. The number of carbonyl (C=O) groups is 1. The summed E-state index contributed by atoms with van der Waals surface area (Å²) in [7, 11) is 0. The number of amides is 1. The molecule has 1 heterocycles. The van der Waals surface area contributed by atoms with Crippen LogP contribution in [-0.4, -0.2) is 17.5 Å². The summed E-state index contributed by atoms with van der Waals surface area (Å²) in [5, 5.41) is 3.12. The zero-order chi connectivity index (χ0) is 16.1. The third kappa shape index (κ3) is 4.39. The standard InChI is InChI=1S/C15H13ClF2N2O2/c1-9(10-3-2-4-12(7-10)22-15(17)18)20-14(21)13-8-11(16)5-6-19-13/h2-9,15H,1H3,(H,20,21). The van der Waals surface area contributed by atoms with Gasteiger partial charge in [-0.3, -0.25) is 9.78 Å². The molecule has 2 aromatic rings. The number of nitrogens with zero attached hydrogens (tertiary/aromatic N) is 1. The fourth-order valence-corrected chi connectivity index (χ4v) is 2.00. The summed E-state index contributed by atoms with van der Waals surface area (Å²) in [5.74, 6) is -0.371. The normalized spacial score (nSPS) is 12.0. The number of pyridine rings is 1. The number of hydrogen-bond acceptors (Lipinski definition) is 3. The molecular formula is C15H13ClF2N2O2. The first-order valence-electron chi connectivity index (χ1n) is 6.43. The van der Waals surface area contributed by atoms with E-state index in [4.69, 9.17) is 11.6 Å². The largest absolute Gasteiger partial charge is 0.435 e. The van der Waals surface area contributed by atoms with Crippen LogP contribution in [0.5, 0.6) is 5.75 Å². The number of carbonyl (C=O) groups excluding carboxylic acids is 1. The minimum Gasteiger partial charge on any atom is -0.435 e. The van der Waals surface area contributed by atoms with Crippen LogP contribution < -0.4 is 10.1 Å². The van der Waals surface area contributed by atoms with E-state index < -0.39 is 18.6 Å². The second kappa shape index (κ2) is 7.17. The molecule has 0 aliphatic rings. The fourth-order valence-electron chi connectivity index (χ4n) is 1.84. The molecule has 4 nitrogen and oxygen atoms in total. The molecule has 0 bridgehead atoms. The summed E-state index contributed by atoms with van der Waals surface area (Å²) in [5.41, 5.74) is 0.813. The summed E-state index contributed by atoms with van der Waals surface area (Å²) in [6, 6.07) is 8.75. The molecule has 22 heavy (non-hydrogen) atoms. The van der Waals surface area contributed by atoms with Crippen molar-refractivity contribution in [1.82, 2.24) is 10.3 Å². The Labute approximate surface area is 131 Å². The maximum Gasteiger partial charge on any atom is 0.387 e. The van der Waals surface area contributed by atoms with E-state index in [1.807, 2.05) is 0 Å². The lowest BCUT2D eigenvalue weighted by molar-refractivity contribution is -0.0499. The molecule has 1 unspecified atom stereocenters. The molecule has 0 saturated heterocycles. The van der Waals surface area contributed by atoms with E-state index in [0.29, 0.717) is 10.6 Å². The predicted octanol–water partition coefficient (Wildman–Crippen LogP) is 3.83. The van der Waals surface area contributed by atoms with Crippen LogP contribution in [-0.2, 0) is 0 Å². The Balaban J connectivity index is 2.08. The first-order chi connectivity index (χ1) is 10.5. The van der Waals surface area contributed by atoms with Gasteiger partial charge in [0.05, 0.1) is 6.04 Å². The van der Waals surface area contributed by atoms with Gasteiger partial charge >= 0.3 is 6.61 Å². The average Bonchev–Trinajstić information content (AvgIpc) is 2.46. The quantitative estimate of drug-likeness (QED) is 0.908. The van der Waals surface area contributed by atoms with Gasteiger partial charge in [0, 0.05) is 11.2 Å². The van der Waals surface area contributed by atoms with E-state index in [2.05, 4.69) is 15.0 Å². The summed E-state index contributed by atoms with van der Waals surface area (Å²) in [6.45, 7) is -1.17. The van der Waals surface area contributed by atoms with Crippen LogP contribution in [0.3, 0.4) is 0 Å². The van der Waals surface area contributed by atoms with Crippen LogP contribution in [0.2, 0.25) is 5.02 Å². The Hall–Kier alpha value is -2.21. The van der Waals surface area contributed by atoms with E-state index in [-0.39, 0.29) is 11.4 Å². The molecule has 1 aromatic heterocycles. The van der Waals surface area contributed by atoms with Crippen molar-refractivity contribution in [1.29, 1.82) is 0 Å². The Bertz CT molecular complexity index is 667. The SMILES string of the molecule is CC(NC(=O)c1cc(Cl)ccn1)c1cccc(OC(F)F)c1. The molecule has 0 saturated carbocycles. The lowest BCUT2D eigenvalue weighted by Gasteiger charge is -2.15. The third-order valence-corrected chi connectivity index (χ3v) is 3.12. The molecule has 0 spiro atoms. The van der Waals surface area contributed by atoms with Crippen LogP contribution in [0, 0.1) is 0 Å². The average molecular weight is 327 g/mol. The van der Waals surface area contributed by atoms with Gasteiger partial charge in [0.25, 0.3) is 5.91 Å². The second-order valence-electron chi connectivity index (χ2n) is 4.51. The molecule has 2 rings (SSSR count). The monoisotopic (exact) mass is 326 g/mol. The first-order valence-corrected chi connectivity index (χ1v) is 6.80. The van der Waals surface area contributed by atoms with Crippen molar-refractivity contribution in [3.63, 3.8) is 0 Å². The number of benzene rings is 1. The van der Waals surface area contributed by atoms with E-state index >= 15 is 0 Å².